The molecule has 2 aliphatic heterocycles. The normalized spacial score (nSPS) is 17.9. The highest BCUT2D eigenvalue weighted by Gasteiger charge is 2.39. The number of hydrogen-bond acceptors (Lipinski definition) is 3. The third kappa shape index (κ3) is 4.01. The lowest BCUT2D eigenvalue weighted by atomic mass is 9.78. The number of carbonyl (C=O) groups is 1. The number of nitrogen functional groups attached to an aromatic ring is 1. The predicted molar refractivity (Wildman–Crippen MR) is 134 cm³/mol. The monoisotopic (exact) mass is 485 g/mol. The summed E-state index contributed by atoms with van der Waals surface area (Å²) >= 11 is 13.4. The zero-order chi connectivity index (χ0) is 23.3. The lowest BCUT2D eigenvalue weighted by molar-refractivity contribution is 0.0533. The van der Waals surface area contributed by atoms with Crippen LogP contribution in [0.3, 0.4) is 0 Å². The van der Waals surface area contributed by atoms with E-state index in [-0.39, 0.29) is 11.3 Å². The number of nitrogens with two attached hydrogens (primary N) is 1. The van der Waals surface area contributed by atoms with E-state index in [4.69, 9.17) is 33.7 Å². The Morgan fingerprint density at radius 1 is 1.15 bits per heavy atom. The molecule has 2 aliphatic rings. The average Bonchev–Trinajstić information content (AvgIpc) is 3.36. The van der Waals surface area contributed by atoms with Crippen LogP contribution in [-0.2, 0) is 18.2 Å². The van der Waals surface area contributed by atoms with Gasteiger partial charge in [0.05, 0.1) is 22.7 Å². The first-order valence-corrected chi connectivity index (χ1v) is 12.2. The third-order valence-corrected chi connectivity index (χ3v) is 8.35. The maximum atomic E-state index is 13.4. The summed E-state index contributed by atoms with van der Waals surface area (Å²) in [5.74, 6) is -0.0210. The predicted octanol–water partition coefficient (Wildman–Crippen LogP) is 5.61. The number of anilines is 1. The summed E-state index contributed by atoms with van der Waals surface area (Å²) in [6.45, 7) is 5.18. The molecule has 0 unspecified atom stereocenters. The van der Waals surface area contributed by atoms with Gasteiger partial charge < -0.3 is 19.9 Å². The van der Waals surface area contributed by atoms with E-state index < -0.39 is 0 Å². The molecule has 2 aromatic carbocycles. The first-order valence-electron chi connectivity index (χ1n) is 11.5. The maximum Gasteiger partial charge on any atom is 0.255 e. The van der Waals surface area contributed by atoms with Crippen molar-refractivity contribution in [3.05, 3.63) is 62.8 Å². The highest BCUT2D eigenvalue weighted by atomic mass is 35.5. The Kier molecular flexibility index (Phi) is 5.84. The molecule has 3 aromatic rings. The van der Waals surface area contributed by atoms with Gasteiger partial charge in [0.2, 0.25) is 0 Å². The van der Waals surface area contributed by atoms with Gasteiger partial charge in [-0.15, -0.1) is 0 Å². The van der Waals surface area contributed by atoms with Crippen molar-refractivity contribution in [3.63, 3.8) is 0 Å². The second-order valence-electron chi connectivity index (χ2n) is 9.62. The average molecular weight is 486 g/mol. The fourth-order valence-corrected chi connectivity index (χ4v) is 5.95. The Morgan fingerprint density at radius 2 is 1.91 bits per heavy atom. The summed E-state index contributed by atoms with van der Waals surface area (Å²) in [5.41, 5.74) is 11.6. The van der Waals surface area contributed by atoms with Crippen LogP contribution < -0.4 is 5.73 Å². The first kappa shape index (κ1) is 22.6. The second-order valence-corrected chi connectivity index (χ2v) is 10.4. The molecule has 0 aliphatic carbocycles. The number of fused-ring (bicyclic) bond motifs is 1. The Labute approximate surface area is 204 Å². The highest BCUT2D eigenvalue weighted by molar-refractivity contribution is 6.38. The number of halogens is 2. The van der Waals surface area contributed by atoms with Gasteiger partial charge in [-0.25, -0.2) is 0 Å². The van der Waals surface area contributed by atoms with Crippen LogP contribution in [0.2, 0.25) is 10.0 Å². The summed E-state index contributed by atoms with van der Waals surface area (Å²) in [6, 6.07) is 9.66. The molecule has 1 amide bonds. The molecule has 174 valence electrons. The number of hydrogen-bond donors (Lipinski definition) is 1. The molecule has 0 atom stereocenters. The van der Waals surface area contributed by atoms with Gasteiger partial charge in [-0.3, -0.25) is 4.79 Å². The van der Waals surface area contributed by atoms with Gasteiger partial charge in [-0.2, -0.15) is 0 Å². The van der Waals surface area contributed by atoms with Crippen LogP contribution in [0, 0.1) is 12.3 Å². The van der Waals surface area contributed by atoms with Crippen molar-refractivity contribution >= 4 is 45.7 Å². The van der Waals surface area contributed by atoms with Crippen LogP contribution in [0.25, 0.3) is 10.9 Å². The van der Waals surface area contributed by atoms with E-state index in [1.165, 1.54) is 0 Å². The molecule has 0 bridgehead atoms. The number of amides is 1. The van der Waals surface area contributed by atoms with E-state index in [0.717, 1.165) is 79.0 Å². The van der Waals surface area contributed by atoms with Crippen LogP contribution >= 0.6 is 23.2 Å². The summed E-state index contributed by atoms with van der Waals surface area (Å²) in [4.78, 5) is 15.3. The molecule has 2 fully saturated rings. The smallest absolute Gasteiger partial charge is 0.255 e. The molecule has 0 radical (unpaired) electrons. The number of rotatable bonds is 3. The van der Waals surface area contributed by atoms with Gasteiger partial charge in [-0.05, 0) is 73.1 Å². The number of nitrogens with zero attached hydrogens (tertiary/aromatic N) is 2. The largest absolute Gasteiger partial charge is 0.399 e. The zero-order valence-electron chi connectivity index (χ0n) is 19.1. The van der Waals surface area contributed by atoms with E-state index in [2.05, 4.69) is 17.6 Å². The molecule has 1 aromatic heterocycles. The fraction of sp³-hybridized carbons (Fsp3) is 0.423. The van der Waals surface area contributed by atoms with Crippen LogP contribution in [0.1, 0.15) is 46.4 Å². The van der Waals surface area contributed by atoms with Crippen molar-refractivity contribution in [3.8, 4) is 0 Å². The first-order chi connectivity index (χ1) is 15.8. The minimum Gasteiger partial charge on any atom is -0.399 e. The van der Waals surface area contributed by atoms with E-state index in [1.54, 1.807) is 12.1 Å². The number of likely N-dealkylation sites (tertiary alicyclic amines) is 1. The number of aryl methyl sites for hydroxylation is 2. The van der Waals surface area contributed by atoms with Crippen molar-refractivity contribution in [2.45, 2.75) is 32.6 Å². The highest BCUT2D eigenvalue weighted by Crippen LogP contribution is 2.40. The van der Waals surface area contributed by atoms with Gasteiger partial charge >= 0.3 is 0 Å². The van der Waals surface area contributed by atoms with Crippen LogP contribution in [0.5, 0.6) is 0 Å². The van der Waals surface area contributed by atoms with Gasteiger partial charge in [-0.1, -0.05) is 23.2 Å². The number of piperidine rings is 1. The maximum absolute atomic E-state index is 13.4. The minimum absolute atomic E-state index is 0.0210. The van der Waals surface area contributed by atoms with Crippen molar-refractivity contribution in [2.24, 2.45) is 12.5 Å². The Morgan fingerprint density at radius 3 is 2.61 bits per heavy atom. The fourth-order valence-electron chi connectivity index (χ4n) is 5.36. The lowest BCUT2D eigenvalue weighted by Gasteiger charge is -2.38. The lowest BCUT2D eigenvalue weighted by Crippen LogP contribution is -2.43. The summed E-state index contributed by atoms with van der Waals surface area (Å²) in [6.07, 6.45) is 3.59. The van der Waals surface area contributed by atoms with Crippen LogP contribution in [-0.4, -0.2) is 41.7 Å². The molecule has 3 heterocycles. The molecule has 1 spiro atoms. The summed E-state index contributed by atoms with van der Waals surface area (Å²) in [7, 11) is 2.02. The number of carbonyl (C=O) groups excluding carboxylic acids is 1. The minimum atomic E-state index is -0.0210. The van der Waals surface area contributed by atoms with Crippen molar-refractivity contribution < 1.29 is 9.53 Å². The Balaban J connectivity index is 1.42. The number of benzene rings is 2. The molecular weight excluding hydrogens is 457 g/mol. The standard InChI is InChI=1S/C26H29Cl2N3O2/c1-16-11-17(29)12-23-20(16)13-18(30(23)2)14-21-22(27)4-3-19(24(21)28)25(32)31-8-5-26(6-9-31)7-10-33-15-26/h3-4,11-13H,5-10,14-15,29H2,1-2H3. The van der Waals surface area contributed by atoms with Crippen molar-refractivity contribution in [1.29, 1.82) is 0 Å². The van der Waals surface area contributed by atoms with E-state index in [0.29, 0.717) is 22.0 Å². The third-order valence-electron chi connectivity index (χ3n) is 7.56. The topological polar surface area (TPSA) is 60.5 Å². The molecule has 2 N–H and O–H groups in total. The van der Waals surface area contributed by atoms with Gasteiger partial charge in [0.25, 0.3) is 5.91 Å². The zero-order valence-corrected chi connectivity index (χ0v) is 20.6. The Hall–Kier alpha value is -2.21. The molecule has 33 heavy (non-hydrogen) atoms. The van der Waals surface area contributed by atoms with Crippen LogP contribution in [0.4, 0.5) is 5.69 Å². The molecule has 0 saturated carbocycles. The number of aromatic nitrogens is 1. The quantitative estimate of drug-likeness (QED) is 0.490. The second kappa shape index (κ2) is 8.53. The van der Waals surface area contributed by atoms with Gasteiger partial charge in [0, 0.05) is 55.0 Å². The van der Waals surface area contributed by atoms with Crippen LogP contribution in [0.15, 0.2) is 30.3 Å². The van der Waals surface area contributed by atoms with Crippen molar-refractivity contribution in [1.82, 2.24) is 9.47 Å². The summed E-state index contributed by atoms with van der Waals surface area (Å²) < 4.78 is 7.74. The molecule has 7 heteroatoms. The SMILES string of the molecule is Cc1cc(N)cc2c1cc(Cc1c(Cl)ccc(C(=O)N3CCC4(CCOC4)CC3)c1Cl)n2C. The molecule has 5 nitrogen and oxygen atoms in total. The Bertz CT molecular complexity index is 1230. The molecule has 2 saturated heterocycles. The van der Waals surface area contributed by atoms with E-state index in [1.807, 2.05) is 24.1 Å². The number of ether oxygens (including phenoxy) is 1. The summed E-state index contributed by atoms with van der Waals surface area (Å²) in [5, 5.41) is 2.16. The van der Waals surface area contributed by atoms with Gasteiger partial charge in [0.1, 0.15) is 0 Å². The van der Waals surface area contributed by atoms with Gasteiger partial charge in [0.15, 0.2) is 0 Å². The van der Waals surface area contributed by atoms with Crippen molar-refractivity contribution in [2.75, 3.05) is 32.0 Å². The van der Waals surface area contributed by atoms with E-state index in [9.17, 15) is 4.79 Å². The molecule has 5 rings (SSSR count). The molecular formula is C26H29Cl2N3O2. The van der Waals surface area contributed by atoms with E-state index >= 15 is 0 Å².